The molecule has 0 heterocycles. The van der Waals surface area contributed by atoms with Gasteiger partial charge in [-0.1, -0.05) is 48.9 Å². The second kappa shape index (κ2) is 7.81. The van der Waals surface area contributed by atoms with Crippen LogP contribution in [0.15, 0.2) is 30.3 Å². The fraction of sp³-hybridized carbons (Fsp3) is 0.462. The van der Waals surface area contributed by atoms with Gasteiger partial charge in [0.1, 0.15) is 0 Å². The summed E-state index contributed by atoms with van der Waals surface area (Å²) in [6.45, 7) is 2.29. The van der Waals surface area contributed by atoms with E-state index in [4.69, 9.17) is 15.2 Å². The number of benzene rings is 1. The smallest absolute Gasteiger partial charge is 0.328 e. The molecule has 0 aromatic heterocycles. The van der Waals surface area contributed by atoms with E-state index < -0.39 is 12.0 Å². The number of hydroxylamine groups is 2. The highest BCUT2D eigenvalue weighted by Crippen LogP contribution is 2.08. The second-order valence-corrected chi connectivity index (χ2v) is 4.05. The molecule has 0 fully saturated rings. The lowest BCUT2D eigenvalue weighted by Gasteiger charge is -2.19. The van der Waals surface area contributed by atoms with E-state index in [1.165, 1.54) is 0 Å². The van der Waals surface area contributed by atoms with Gasteiger partial charge in [-0.2, -0.15) is 0 Å². The molecule has 0 saturated heterocycles. The van der Waals surface area contributed by atoms with Crippen LogP contribution in [0.4, 0.5) is 0 Å². The minimum absolute atomic E-state index is 0.0821. The van der Waals surface area contributed by atoms with E-state index in [-0.39, 0.29) is 11.6 Å². The lowest BCUT2D eigenvalue weighted by atomic mass is 10.1. The number of rotatable bonds is 7. The van der Waals surface area contributed by atoms with Gasteiger partial charge in [0, 0.05) is 6.42 Å². The number of carbonyl (C=O) groups is 1. The summed E-state index contributed by atoms with van der Waals surface area (Å²) in [5.41, 5.74) is 0.836. The van der Waals surface area contributed by atoms with E-state index in [2.05, 4.69) is 0 Å². The summed E-state index contributed by atoms with van der Waals surface area (Å²) in [7, 11) is 0. The Morgan fingerprint density at radius 2 is 2.00 bits per heavy atom. The Balaban J connectivity index is 2.57. The first-order valence-corrected chi connectivity index (χ1v) is 6.02. The summed E-state index contributed by atoms with van der Waals surface area (Å²) in [5, 5.41) is 18.1. The Hall–Kier alpha value is -1.43. The van der Waals surface area contributed by atoms with Crippen molar-refractivity contribution in [2.45, 2.75) is 32.2 Å². The van der Waals surface area contributed by atoms with Crippen LogP contribution in [0.5, 0.6) is 0 Å². The first-order chi connectivity index (χ1) is 8.65. The first-order valence-electron chi connectivity index (χ1n) is 6.02. The third kappa shape index (κ3) is 4.83. The molecule has 100 valence electrons. The molecule has 2 N–H and O–H groups in total. The van der Waals surface area contributed by atoms with Crippen LogP contribution in [0, 0.1) is 0 Å². The van der Waals surface area contributed by atoms with E-state index in [1.54, 1.807) is 0 Å². The molecule has 0 aliphatic rings. The number of carbonyl (C=O) groups excluding carboxylic acids is 1. The average molecular weight is 253 g/mol. The zero-order chi connectivity index (χ0) is 13.4. The van der Waals surface area contributed by atoms with Crippen molar-refractivity contribution in [3.8, 4) is 0 Å². The fourth-order valence-corrected chi connectivity index (χ4v) is 1.51. The van der Waals surface area contributed by atoms with Gasteiger partial charge in [0.25, 0.3) is 0 Å². The number of hydrogen-bond donors (Lipinski definition) is 2. The predicted octanol–water partition coefficient (Wildman–Crippen LogP) is 2.02. The Bertz CT molecular complexity index is 353. The third-order valence-corrected chi connectivity index (χ3v) is 2.56. The van der Waals surface area contributed by atoms with Gasteiger partial charge in [-0.05, 0) is 12.0 Å². The molecule has 5 heteroatoms. The fourth-order valence-electron chi connectivity index (χ4n) is 1.51. The van der Waals surface area contributed by atoms with Crippen LogP contribution in [0.3, 0.4) is 0 Å². The van der Waals surface area contributed by atoms with Gasteiger partial charge in [0.05, 0.1) is 6.61 Å². The molecule has 0 saturated carbocycles. The Morgan fingerprint density at radius 3 is 2.56 bits per heavy atom. The number of nitrogens with zero attached hydrogens (tertiary/aromatic N) is 1. The number of ether oxygens (including phenoxy) is 1. The van der Waals surface area contributed by atoms with Gasteiger partial charge in [-0.15, -0.1) is 0 Å². The van der Waals surface area contributed by atoms with Crippen molar-refractivity contribution in [1.29, 1.82) is 0 Å². The van der Waals surface area contributed by atoms with Gasteiger partial charge >= 0.3 is 5.97 Å². The summed E-state index contributed by atoms with van der Waals surface area (Å²) in [6.07, 6.45) is 1.87. The van der Waals surface area contributed by atoms with Gasteiger partial charge in [0.15, 0.2) is 6.04 Å². The van der Waals surface area contributed by atoms with Crippen molar-refractivity contribution < 1.29 is 19.9 Å². The van der Waals surface area contributed by atoms with Crippen molar-refractivity contribution in [1.82, 2.24) is 5.23 Å². The highest BCUT2D eigenvalue weighted by molar-refractivity contribution is 5.75. The predicted molar refractivity (Wildman–Crippen MR) is 65.2 cm³/mol. The second-order valence-electron chi connectivity index (χ2n) is 4.05. The molecule has 0 amide bonds. The Labute approximate surface area is 107 Å². The maximum Gasteiger partial charge on any atom is 0.328 e. The molecule has 0 spiro atoms. The molecule has 5 nitrogen and oxygen atoms in total. The van der Waals surface area contributed by atoms with E-state index in [0.717, 1.165) is 18.4 Å². The van der Waals surface area contributed by atoms with E-state index in [1.807, 2.05) is 37.3 Å². The van der Waals surface area contributed by atoms with Gasteiger partial charge in [0.2, 0.25) is 0 Å². The summed E-state index contributed by atoms with van der Waals surface area (Å²) in [6, 6.07) is 8.05. The first kappa shape index (κ1) is 14.6. The lowest BCUT2D eigenvalue weighted by Crippen LogP contribution is -2.39. The van der Waals surface area contributed by atoms with Crippen molar-refractivity contribution in [2.75, 3.05) is 6.61 Å². The van der Waals surface area contributed by atoms with E-state index >= 15 is 0 Å². The van der Waals surface area contributed by atoms with Gasteiger partial charge < -0.3 is 4.74 Å². The molecular formula is C13H19NO4. The molecule has 1 rings (SSSR count). The van der Waals surface area contributed by atoms with Crippen molar-refractivity contribution >= 4 is 5.97 Å². The summed E-state index contributed by atoms with van der Waals surface area (Å²) >= 11 is 0. The van der Waals surface area contributed by atoms with Gasteiger partial charge in [-0.25, -0.2) is 0 Å². The zero-order valence-electron chi connectivity index (χ0n) is 10.5. The molecule has 0 unspecified atom stereocenters. The molecule has 0 aliphatic carbocycles. The average Bonchev–Trinajstić information content (AvgIpc) is 2.37. The van der Waals surface area contributed by atoms with Crippen LogP contribution in [-0.4, -0.2) is 34.3 Å². The van der Waals surface area contributed by atoms with Crippen molar-refractivity contribution in [3.63, 3.8) is 0 Å². The molecule has 18 heavy (non-hydrogen) atoms. The van der Waals surface area contributed by atoms with Crippen LogP contribution in [0.1, 0.15) is 25.3 Å². The highest BCUT2D eigenvalue weighted by Gasteiger charge is 2.26. The van der Waals surface area contributed by atoms with E-state index in [0.29, 0.717) is 6.61 Å². The van der Waals surface area contributed by atoms with Crippen LogP contribution in [-0.2, 0) is 16.0 Å². The standard InChI is InChI=1S/C13H19NO4/c1-2-3-9-18-13(15)12(14(16)17)10-11-7-5-4-6-8-11/h4-8,12,16-17H,2-3,9-10H2,1H3/t12-/m0/s1. The minimum atomic E-state index is -1.09. The molecule has 1 aromatic rings. The SMILES string of the molecule is CCCCOC(=O)[C@H](Cc1ccccc1)N(O)O. The Morgan fingerprint density at radius 1 is 1.33 bits per heavy atom. The minimum Gasteiger partial charge on any atom is -0.464 e. The maximum atomic E-state index is 11.7. The number of unbranched alkanes of at least 4 members (excludes halogenated alkanes) is 1. The van der Waals surface area contributed by atoms with Crippen LogP contribution < -0.4 is 0 Å². The van der Waals surface area contributed by atoms with Crippen molar-refractivity contribution in [3.05, 3.63) is 35.9 Å². The zero-order valence-corrected chi connectivity index (χ0v) is 10.5. The largest absolute Gasteiger partial charge is 0.464 e. The highest BCUT2D eigenvalue weighted by atomic mass is 16.8. The number of hydrogen-bond acceptors (Lipinski definition) is 5. The lowest BCUT2D eigenvalue weighted by molar-refractivity contribution is -0.327. The van der Waals surface area contributed by atoms with Crippen molar-refractivity contribution in [2.24, 2.45) is 0 Å². The van der Waals surface area contributed by atoms with E-state index in [9.17, 15) is 4.79 Å². The third-order valence-electron chi connectivity index (χ3n) is 2.56. The molecule has 0 radical (unpaired) electrons. The molecule has 0 bridgehead atoms. The van der Waals surface area contributed by atoms with Gasteiger partial charge in [-0.3, -0.25) is 15.2 Å². The monoisotopic (exact) mass is 253 g/mol. The summed E-state index contributed by atoms with van der Waals surface area (Å²) < 4.78 is 4.98. The molecular weight excluding hydrogens is 234 g/mol. The quantitative estimate of drug-likeness (QED) is 0.442. The van der Waals surface area contributed by atoms with Crippen LogP contribution >= 0.6 is 0 Å². The summed E-state index contributed by atoms with van der Waals surface area (Å²) in [4.78, 5) is 11.7. The molecule has 1 aromatic carbocycles. The van der Waals surface area contributed by atoms with Crippen LogP contribution in [0.25, 0.3) is 0 Å². The Kier molecular flexibility index (Phi) is 6.35. The number of esters is 1. The van der Waals surface area contributed by atoms with Crippen LogP contribution in [0.2, 0.25) is 0 Å². The molecule has 0 aliphatic heterocycles. The maximum absolute atomic E-state index is 11.7. The topological polar surface area (TPSA) is 70.0 Å². The summed E-state index contributed by atoms with van der Waals surface area (Å²) in [5.74, 6) is -0.627. The normalized spacial score (nSPS) is 12.4. The molecule has 1 atom stereocenters.